The zero-order valence-corrected chi connectivity index (χ0v) is 21.3. The Morgan fingerprint density at radius 3 is 2.34 bits per heavy atom. The molecule has 2 aromatic carbocycles. The molecule has 0 bridgehead atoms. The van der Waals surface area contributed by atoms with Crippen LogP contribution in [-0.2, 0) is 4.79 Å². The summed E-state index contributed by atoms with van der Waals surface area (Å²) in [6.45, 7) is 3.45. The highest BCUT2D eigenvalue weighted by Crippen LogP contribution is 2.35. The van der Waals surface area contributed by atoms with Gasteiger partial charge in [-0.25, -0.2) is 4.52 Å². The normalized spacial score (nSPS) is 18.8. The highest BCUT2D eigenvalue weighted by Gasteiger charge is 2.34. The number of carbonyl (C=O) groups is 2. The first-order valence-electron chi connectivity index (χ1n) is 12.7. The van der Waals surface area contributed by atoms with E-state index in [4.69, 9.17) is 15.2 Å². The van der Waals surface area contributed by atoms with Crippen LogP contribution < -0.4 is 15.2 Å². The molecule has 0 spiro atoms. The molecule has 3 heterocycles. The van der Waals surface area contributed by atoms with E-state index in [-0.39, 0.29) is 17.5 Å². The van der Waals surface area contributed by atoms with Crippen LogP contribution in [0.5, 0.6) is 17.2 Å². The smallest absolute Gasteiger partial charge is 0.269 e. The van der Waals surface area contributed by atoms with Crippen LogP contribution in [0.1, 0.15) is 41.7 Å². The molecule has 38 heavy (non-hydrogen) atoms. The van der Waals surface area contributed by atoms with Crippen LogP contribution in [0.15, 0.2) is 66.4 Å². The van der Waals surface area contributed by atoms with E-state index < -0.39 is 5.91 Å². The lowest BCUT2D eigenvalue weighted by Crippen LogP contribution is -2.32. The van der Waals surface area contributed by atoms with Crippen LogP contribution in [0, 0.1) is 5.92 Å². The van der Waals surface area contributed by atoms with Crippen molar-refractivity contribution in [1.29, 1.82) is 0 Å². The summed E-state index contributed by atoms with van der Waals surface area (Å²) in [5.41, 5.74) is 10.1. The molecule has 1 saturated heterocycles. The van der Waals surface area contributed by atoms with Crippen LogP contribution >= 0.6 is 0 Å². The maximum atomic E-state index is 12.8. The van der Waals surface area contributed by atoms with Crippen molar-refractivity contribution in [3.63, 3.8) is 0 Å². The van der Waals surface area contributed by atoms with Gasteiger partial charge < -0.3 is 25.1 Å². The number of benzene rings is 2. The number of amides is 2. The van der Waals surface area contributed by atoms with Gasteiger partial charge in [0.25, 0.3) is 5.91 Å². The van der Waals surface area contributed by atoms with Gasteiger partial charge >= 0.3 is 0 Å². The van der Waals surface area contributed by atoms with Crippen LogP contribution in [0.3, 0.4) is 0 Å². The fourth-order valence-corrected chi connectivity index (χ4v) is 5.36. The molecular weight excluding hydrogens is 482 g/mol. The van der Waals surface area contributed by atoms with E-state index in [9.17, 15) is 9.59 Å². The molecule has 3 N–H and O–H groups in total. The average Bonchev–Trinajstić information content (AvgIpc) is 3.62. The summed E-state index contributed by atoms with van der Waals surface area (Å²) in [5, 5.41) is 4.50. The van der Waals surface area contributed by atoms with Crippen molar-refractivity contribution in [2.75, 3.05) is 20.2 Å². The van der Waals surface area contributed by atoms with Gasteiger partial charge in [0, 0.05) is 35.7 Å². The third-order valence-electron chi connectivity index (χ3n) is 7.38. The molecule has 2 aliphatic rings. The van der Waals surface area contributed by atoms with Gasteiger partial charge in [0.1, 0.15) is 22.9 Å². The summed E-state index contributed by atoms with van der Waals surface area (Å²) >= 11 is 0. The fraction of sp³-hybridized carbons (Fsp3) is 0.276. The lowest BCUT2D eigenvalue weighted by Gasteiger charge is -2.25. The molecule has 4 aromatic rings. The van der Waals surface area contributed by atoms with Crippen LogP contribution in [0.4, 0.5) is 0 Å². The molecule has 1 aliphatic carbocycles. The van der Waals surface area contributed by atoms with Crippen molar-refractivity contribution < 1.29 is 19.1 Å². The summed E-state index contributed by atoms with van der Waals surface area (Å²) in [7, 11) is 1.62. The summed E-state index contributed by atoms with van der Waals surface area (Å²) < 4.78 is 12.7. The van der Waals surface area contributed by atoms with Crippen molar-refractivity contribution in [3.8, 4) is 28.5 Å². The summed E-state index contributed by atoms with van der Waals surface area (Å²) in [6, 6.07) is 14.8. The Bertz CT molecular complexity index is 1550. The standard InChI is InChI=1S/C29H29N5O4/c1-17-13-20(14-17)29(36)33-12-11-19(16-33)24-15-31-34-26(27(30)35)25(32-28(24)34)18-3-5-22(6-4-18)38-23-9-7-21(37-2)8-10-23/h3-10,13,15,17,19,32H,11-12,14,16H2,1-2H3,(H2,30,35)/t17-,19?/m1/s1. The molecule has 2 aromatic heterocycles. The SMILES string of the molecule is COc1ccc(Oc2ccc(-c3[nH]c4c(C5CCN(C(=O)C6=C[C@@H](C)C6)C5)cnn4c3C(N)=O)cc2)cc1. The van der Waals surface area contributed by atoms with Crippen molar-refractivity contribution in [2.24, 2.45) is 11.7 Å². The van der Waals surface area contributed by atoms with Crippen molar-refractivity contribution in [2.45, 2.75) is 25.7 Å². The number of hydrogen-bond donors (Lipinski definition) is 2. The fourth-order valence-electron chi connectivity index (χ4n) is 5.36. The predicted molar refractivity (Wildman–Crippen MR) is 142 cm³/mol. The van der Waals surface area contributed by atoms with E-state index in [2.05, 4.69) is 23.1 Å². The first-order chi connectivity index (χ1) is 18.4. The largest absolute Gasteiger partial charge is 0.497 e. The minimum atomic E-state index is -0.575. The van der Waals surface area contributed by atoms with E-state index in [1.807, 2.05) is 53.4 Å². The Hall–Kier alpha value is -4.53. The number of rotatable bonds is 7. The molecule has 0 saturated carbocycles. The Morgan fingerprint density at radius 2 is 1.71 bits per heavy atom. The maximum Gasteiger partial charge on any atom is 0.269 e. The molecule has 6 rings (SSSR count). The number of likely N-dealkylation sites (tertiary alicyclic amines) is 1. The number of aromatic amines is 1. The second-order valence-corrected chi connectivity index (χ2v) is 9.99. The molecule has 1 fully saturated rings. The van der Waals surface area contributed by atoms with E-state index in [0.717, 1.165) is 40.9 Å². The molecule has 194 valence electrons. The van der Waals surface area contributed by atoms with E-state index in [1.54, 1.807) is 17.8 Å². The number of nitrogens with one attached hydrogen (secondary N) is 1. The maximum absolute atomic E-state index is 12.8. The van der Waals surface area contributed by atoms with Crippen molar-refractivity contribution >= 4 is 17.5 Å². The van der Waals surface area contributed by atoms with Gasteiger partial charge in [-0.3, -0.25) is 9.59 Å². The average molecular weight is 512 g/mol. The first-order valence-corrected chi connectivity index (χ1v) is 12.7. The number of carbonyl (C=O) groups excluding carboxylic acids is 2. The second-order valence-electron chi connectivity index (χ2n) is 9.99. The number of aromatic nitrogens is 3. The zero-order chi connectivity index (χ0) is 26.4. The number of primary amides is 1. The van der Waals surface area contributed by atoms with E-state index in [0.29, 0.717) is 36.2 Å². The number of allylic oxidation sites excluding steroid dienone is 1. The Kier molecular flexibility index (Phi) is 5.90. The van der Waals surface area contributed by atoms with Gasteiger partial charge in [-0.2, -0.15) is 5.10 Å². The Morgan fingerprint density at radius 1 is 1.05 bits per heavy atom. The quantitative estimate of drug-likeness (QED) is 0.379. The monoisotopic (exact) mass is 511 g/mol. The second kappa shape index (κ2) is 9.41. The highest BCUT2D eigenvalue weighted by atomic mass is 16.5. The van der Waals surface area contributed by atoms with E-state index >= 15 is 0 Å². The molecule has 1 unspecified atom stereocenters. The number of nitrogens with two attached hydrogens (primary N) is 1. The van der Waals surface area contributed by atoms with Gasteiger partial charge in [-0.1, -0.05) is 13.0 Å². The minimum Gasteiger partial charge on any atom is -0.497 e. The number of methoxy groups -OCH3 is 1. The molecule has 2 amide bonds. The number of hydrogen-bond acceptors (Lipinski definition) is 5. The summed E-state index contributed by atoms with van der Waals surface area (Å²) in [4.78, 5) is 30.6. The van der Waals surface area contributed by atoms with Gasteiger partial charge in [0.15, 0.2) is 5.69 Å². The van der Waals surface area contributed by atoms with Crippen molar-refractivity contribution in [1.82, 2.24) is 19.5 Å². The number of fused-ring (bicyclic) bond motifs is 1. The van der Waals surface area contributed by atoms with Gasteiger partial charge in [-0.05, 0) is 67.3 Å². The molecule has 2 atom stereocenters. The van der Waals surface area contributed by atoms with Crippen LogP contribution in [0.2, 0.25) is 0 Å². The zero-order valence-electron chi connectivity index (χ0n) is 21.3. The number of H-pyrrole nitrogens is 1. The van der Waals surface area contributed by atoms with E-state index in [1.165, 1.54) is 0 Å². The molecule has 1 aliphatic heterocycles. The van der Waals surface area contributed by atoms with Gasteiger partial charge in [-0.15, -0.1) is 0 Å². The van der Waals surface area contributed by atoms with Gasteiger partial charge in [0.2, 0.25) is 5.91 Å². The topological polar surface area (TPSA) is 115 Å². The summed E-state index contributed by atoms with van der Waals surface area (Å²) in [6.07, 6.45) is 5.52. The number of imidazole rings is 1. The lowest BCUT2D eigenvalue weighted by molar-refractivity contribution is -0.126. The summed E-state index contributed by atoms with van der Waals surface area (Å²) in [5.74, 6) is 2.27. The Labute approximate surface area is 219 Å². The van der Waals surface area contributed by atoms with Crippen LogP contribution in [-0.4, -0.2) is 51.5 Å². The lowest BCUT2D eigenvalue weighted by atomic mass is 9.87. The third-order valence-corrected chi connectivity index (χ3v) is 7.38. The number of ether oxygens (including phenoxy) is 2. The van der Waals surface area contributed by atoms with Crippen molar-refractivity contribution in [3.05, 3.63) is 77.6 Å². The predicted octanol–water partition coefficient (Wildman–Crippen LogP) is 4.51. The molecular formula is C29H29N5O4. The molecule has 0 radical (unpaired) electrons. The van der Waals surface area contributed by atoms with Gasteiger partial charge in [0.05, 0.1) is 19.0 Å². The first kappa shape index (κ1) is 23.8. The molecule has 9 heteroatoms. The number of nitrogens with zero attached hydrogens (tertiary/aromatic N) is 3. The third kappa shape index (κ3) is 4.19. The highest BCUT2D eigenvalue weighted by molar-refractivity contribution is 5.99. The van der Waals surface area contributed by atoms with Crippen LogP contribution in [0.25, 0.3) is 16.9 Å². The minimum absolute atomic E-state index is 0.127. The molecule has 9 nitrogen and oxygen atoms in total. The Balaban J connectivity index is 1.25.